The molecule has 0 aliphatic carbocycles. The summed E-state index contributed by atoms with van der Waals surface area (Å²) in [5, 5.41) is 0. The lowest BCUT2D eigenvalue weighted by atomic mass is 10.0. The van der Waals surface area contributed by atoms with Crippen LogP contribution in [0.4, 0.5) is 0 Å². The molecular formula is C12H16O2. The second-order valence-corrected chi connectivity index (χ2v) is 3.63. The Kier molecular flexibility index (Phi) is 3.17. The first kappa shape index (κ1) is 9.69. The maximum Gasteiger partial charge on any atom is 0.158 e. The lowest BCUT2D eigenvalue weighted by molar-refractivity contribution is -0.182. The second-order valence-electron chi connectivity index (χ2n) is 3.63. The van der Waals surface area contributed by atoms with Gasteiger partial charge < -0.3 is 9.47 Å². The predicted molar refractivity (Wildman–Crippen MR) is 54.9 cm³/mol. The van der Waals surface area contributed by atoms with Crippen LogP contribution >= 0.6 is 0 Å². The summed E-state index contributed by atoms with van der Waals surface area (Å²) in [7, 11) is 1.71. The second kappa shape index (κ2) is 4.58. The van der Waals surface area contributed by atoms with E-state index in [1.54, 1.807) is 7.11 Å². The van der Waals surface area contributed by atoms with Gasteiger partial charge in [0.25, 0.3) is 0 Å². The standard InChI is InChI=1S/C12H16O2/c1-13-12-9-5-8-11(14-12)10-6-3-2-4-7-10/h2-4,6-7,11-12H,5,8-9H2,1H3/t11-,12+/m0/s1. The summed E-state index contributed by atoms with van der Waals surface area (Å²) in [5.74, 6) is 0. The summed E-state index contributed by atoms with van der Waals surface area (Å²) < 4.78 is 11.0. The van der Waals surface area contributed by atoms with Crippen LogP contribution < -0.4 is 0 Å². The molecule has 2 heteroatoms. The van der Waals surface area contributed by atoms with Gasteiger partial charge in [-0.15, -0.1) is 0 Å². The van der Waals surface area contributed by atoms with Crippen LogP contribution in [-0.2, 0) is 9.47 Å². The zero-order valence-corrected chi connectivity index (χ0v) is 8.48. The summed E-state index contributed by atoms with van der Waals surface area (Å²) in [6.07, 6.45) is 3.49. The van der Waals surface area contributed by atoms with Crippen molar-refractivity contribution >= 4 is 0 Å². The molecule has 0 saturated carbocycles. The molecule has 1 aromatic carbocycles. The Morgan fingerprint density at radius 1 is 1.21 bits per heavy atom. The van der Waals surface area contributed by atoms with E-state index in [0.29, 0.717) is 0 Å². The summed E-state index contributed by atoms with van der Waals surface area (Å²) >= 11 is 0. The molecule has 2 nitrogen and oxygen atoms in total. The number of methoxy groups -OCH3 is 1. The van der Waals surface area contributed by atoms with E-state index < -0.39 is 0 Å². The fourth-order valence-electron chi connectivity index (χ4n) is 1.88. The number of rotatable bonds is 2. The van der Waals surface area contributed by atoms with Gasteiger partial charge in [0.2, 0.25) is 0 Å². The third kappa shape index (κ3) is 2.14. The highest BCUT2D eigenvalue weighted by atomic mass is 16.7. The van der Waals surface area contributed by atoms with Crippen LogP contribution in [-0.4, -0.2) is 13.4 Å². The molecule has 2 rings (SSSR count). The zero-order chi connectivity index (χ0) is 9.80. The van der Waals surface area contributed by atoms with Crippen LogP contribution in [0.25, 0.3) is 0 Å². The highest BCUT2D eigenvalue weighted by Gasteiger charge is 2.22. The van der Waals surface area contributed by atoms with Crippen molar-refractivity contribution in [2.45, 2.75) is 31.7 Å². The highest BCUT2D eigenvalue weighted by Crippen LogP contribution is 2.30. The van der Waals surface area contributed by atoms with Crippen molar-refractivity contribution in [2.75, 3.05) is 7.11 Å². The van der Waals surface area contributed by atoms with Crippen LogP contribution in [0.3, 0.4) is 0 Å². The average molecular weight is 192 g/mol. The van der Waals surface area contributed by atoms with E-state index in [-0.39, 0.29) is 12.4 Å². The first-order chi connectivity index (χ1) is 6.90. The third-order valence-corrected chi connectivity index (χ3v) is 2.66. The van der Waals surface area contributed by atoms with Crippen LogP contribution in [0.15, 0.2) is 30.3 Å². The smallest absolute Gasteiger partial charge is 0.158 e. The summed E-state index contributed by atoms with van der Waals surface area (Å²) in [4.78, 5) is 0. The van der Waals surface area contributed by atoms with Gasteiger partial charge in [0.05, 0.1) is 6.10 Å². The minimum absolute atomic E-state index is 0.0195. The Balaban J connectivity index is 2.04. The number of hydrogen-bond acceptors (Lipinski definition) is 2. The first-order valence-corrected chi connectivity index (χ1v) is 5.13. The van der Waals surface area contributed by atoms with Gasteiger partial charge in [0.1, 0.15) is 0 Å². The van der Waals surface area contributed by atoms with Crippen LogP contribution in [0.1, 0.15) is 30.9 Å². The van der Waals surface area contributed by atoms with Crippen molar-refractivity contribution in [3.63, 3.8) is 0 Å². The Hall–Kier alpha value is -0.860. The Morgan fingerprint density at radius 3 is 2.71 bits per heavy atom. The molecule has 0 aromatic heterocycles. The molecule has 1 aliphatic heterocycles. The van der Waals surface area contributed by atoms with Crippen molar-refractivity contribution in [2.24, 2.45) is 0 Å². The minimum atomic E-state index is -0.0195. The SMILES string of the molecule is CO[C@H]1CCC[C@@H](c2ccccc2)O1. The molecule has 14 heavy (non-hydrogen) atoms. The molecule has 0 spiro atoms. The lowest BCUT2D eigenvalue weighted by Crippen LogP contribution is -2.23. The minimum Gasteiger partial charge on any atom is -0.356 e. The zero-order valence-electron chi connectivity index (χ0n) is 8.48. The lowest BCUT2D eigenvalue weighted by Gasteiger charge is -2.29. The van der Waals surface area contributed by atoms with Crippen LogP contribution in [0, 0.1) is 0 Å². The fourth-order valence-corrected chi connectivity index (χ4v) is 1.88. The van der Waals surface area contributed by atoms with Crippen molar-refractivity contribution in [3.05, 3.63) is 35.9 Å². The molecule has 0 bridgehead atoms. The molecule has 1 saturated heterocycles. The quantitative estimate of drug-likeness (QED) is 0.717. The topological polar surface area (TPSA) is 18.5 Å². The molecule has 1 fully saturated rings. The molecule has 0 unspecified atom stereocenters. The van der Waals surface area contributed by atoms with E-state index in [1.165, 1.54) is 12.0 Å². The summed E-state index contributed by atoms with van der Waals surface area (Å²) in [6, 6.07) is 10.4. The average Bonchev–Trinajstić information content (AvgIpc) is 2.30. The van der Waals surface area contributed by atoms with Gasteiger partial charge in [0.15, 0.2) is 6.29 Å². The summed E-state index contributed by atoms with van der Waals surface area (Å²) in [5.41, 5.74) is 1.26. The van der Waals surface area contributed by atoms with Gasteiger partial charge in [0, 0.05) is 7.11 Å². The molecule has 0 N–H and O–H groups in total. The largest absolute Gasteiger partial charge is 0.356 e. The monoisotopic (exact) mass is 192 g/mol. The molecular weight excluding hydrogens is 176 g/mol. The van der Waals surface area contributed by atoms with E-state index in [1.807, 2.05) is 6.07 Å². The summed E-state index contributed by atoms with van der Waals surface area (Å²) in [6.45, 7) is 0. The van der Waals surface area contributed by atoms with Crippen LogP contribution in [0.2, 0.25) is 0 Å². The van der Waals surface area contributed by atoms with Gasteiger partial charge in [-0.3, -0.25) is 0 Å². The van der Waals surface area contributed by atoms with E-state index in [9.17, 15) is 0 Å². The third-order valence-electron chi connectivity index (χ3n) is 2.66. The Morgan fingerprint density at radius 2 is 2.00 bits per heavy atom. The molecule has 0 amide bonds. The Bertz CT molecular complexity index is 271. The molecule has 1 heterocycles. The molecule has 1 aliphatic rings. The molecule has 1 aromatic rings. The number of benzene rings is 1. The molecule has 0 radical (unpaired) electrons. The van der Waals surface area contributed by atoms with E-state index in [0.717, 1.165) is 12.8 Å². The maximum absolute atomic E-state index is 5.80. The van der Waals surface area contributed by atoms with Crippen molar-refractivity contribution in [3.8, 4) is 0 Å². The van der Waals surface area contributed by atoms with E-state index in [2.05, 4.69) is 24.3 Å². The first-order valence-electron chi connectivity index (χ1n) is 5.13. The Labute approximate surface area is 84.8 Å². The van der Waals surface area contributed by atoms with Crippen molar-refractivity contribution in [1.82, 2.24) is 0 Å². The van der Waals surface area contributed by atoms with Crippen LogP contribution in [0.5, 0.6) is 0 Å². The van der Waals surface area contributed by atoms with E-state index >= 15 is 0 Å². The normalized spacial score (nSPS) is 27.5. The number of hydrogen-bond donors (Lipinski definition) is 0. The van der Waals surface area contributed by atoms with Gasteiger partial charge in [-0.1, -0.05) is 30.3 Å². The molecule has 76 valence electrons. The highest BCUT2D eigenvalue weighted by molar-refractivity contribution is 5.17. The van der Waals surface area contributed by atoms with Gasteiger partial charge in [-0.2, -0.15) is 0 Å². The van der Waals surface area contributed by atoms with Crippen molar-refractivity contribution < 1.29 is 9.47 Å². The van der Waals surface area contributed by atoms with Gasteiger partial charge in [-0.25, -0.2) is 0 Å². The predicted octanol–water partition coefficient (Wildman–Crippen LogP) is 2.90. The van der Waals surface area contributed by atoms with Crippen molar-refractivity contribution in [1.29, 1.82) is 0 Å². The molecule has 2 atom stereocenters. The maximum atomic E-state index is 5.80. The number of ether oxygens (including phenoxy) is 2. The van der Waals surface area contributed by atoms with E-state index in [4.69, 9.17) is 9.47 Å². The fraction of sp³-hybridized carbons (Fsp3) is 0.500. The van der Waals surface area contributed by atoms with Gasteiger partial charge >= 0.3 is 0 Å². The van der Waals surface area contributed by atoms with Gasteiger partial charge in [-0.05, 0) is 24.8 Å².